The van der Waals surface area contributed by atoms with Crippen molar-refractivity contribution in [3.63, 3.8) is 0 Å². The number of nitrogens with one attached hydrogen (secondary N) is 1. The first-order chi connectivity index (χ1) is 7.89. The molecule has 1 aliphatic carbocycles. The Hall–Kier alpha value is -1.51. The lowest BCUT2D eigenvalue weighted by Crippen LogP contribution is -2.50. The zero-order valence-corrected chi connectivity index (χ0v) is 10.6. The molecule has 1 aliphatic rings. The van der Waals surface area contributed by atoms with E-state index in [4.69, 9.17) is 0 Å². The smallest absolute Gasteiger partial charge is 0.329 e. The van der Waals surface area contributed by atoms with Crippen LogP contribution >= 0.6 is 0 Å². The fraction of sp³-hybridized carbons (Fsp3) is 0.500. The number of carbonyl (C=O) groups is 1. The van der Waals surface area contributed by atoms with Crippen molar-refractivity contribution in [1.82, 2.24) is 0 Å². The van der Waals surface area contributed by atoms with Crippen molar-refractivity contribution in [2.75, 3.05) is 5.32 Å². The van der Waals surface area contributed by atoms with E-state index in [-0.39, 0.29) is 5.41 Å². The standard InChI is InChI=1S/C14H19NO2/c1-10-6-4-5-7-11(10)15-14(3,12(16)17)13(2)8-9-13/h4-7,15H,8-9H2,1-3H3,(H,16,17). The summed E-state index contributed by atoms with van der Waals surface area (Å²) in [7, 11) is 0. The maximum atomic E-state index is 11.6. The van der Waals surface area contributed by atoms with Gasteiger partial charge in [-0.25, -0.2) is 4.79 Å². The quantitative estimate of drug-likeness (QED) is 0.840. The maximum absolute atomic E-state index is 11.6. The number of rotatable bonds is 4. The van der Waals surface area contributed by atoms with Gasteiger partial charge in [0, 0.05) is 11.1 Å². The third kappa shape index (κ3) is 1.90. The minimum absolute atomic E-state index is 0.138. The molecule has 1 fully saturated rings. The van der Waals surface area contributed by atoms with Gasteiger partial charge in [0.1, 0.15) is 5.54 Å². The van der Waals surface area contributed by atoms with E-state index in [0.29, 0.717) is 0 Å². The van der Waals surface area contributed by atoms with E-state index in [0.717, 1.165) is 24.1 Å². The number of para-hydroxylation sites is 1. The molecule has 3 heteroatoms. The van der Waals surface area contributed by atoms with Gasteiger partial charge in [-0.3, -0.25) is 0 Å². The maximum Gasteiger partial charge on any atom is 0.329 e. The predicted octanol–water partition coefficient (Wildman–Crippen LogP) is 3.05. The lowest BCUT2D eigenvalue weighted by Gasteiger charge is -2.34. The summed E-state index contributed by atoms with van der Waals surface area (Å²) in [5.41, 5.74) is 0.954. The predicted molar refractivity (Wildman–Crippen MR) is 68.2 cm³/mol. The second-order valence-electron chi connectivity index (χ2n) is 5.43. The normalized spacial score (nSPS) is 20.4. The van der Waals surface area contributed by atoms with Crippen molar-refractivity contribution in [2.24, 2.45) is 5.41 Å². The molecule has 0 aliphatic heterocycles. The van der Waals surface area contributed by atoms with Crippen LogP contribution in [0.4, 0.5) is 5.69 Å². The fourth-order valence-corrected chi connectivity index (χ4v) is 2.13. The van der Waals surface area contributed by atoms with E-state index in [1.54, 1.807) is 6.92 Å². The molecule has 0 bridgehead atoms. The average molecular weight is 233 g/mol. The van der Waals surface area contributed by atoms with Gasteiger partial charge in [0.2, 0.25) is 0 Å². The first-order valence-corrected chi connectivity index (χ1v) is 5.96. The highest BCUT2D eigenvalue weighted by Gasteiger charge is 2.57. The molecule has 0 radical (unpaired) electrons. The highest BCUT2D eigenvalue weighted by atomic mass is 16.4. The number of hydrogen-bond donors (Lipinski definition) is 2. The molecule has 92 valence electrons. The summed E-state index contributed by atoms with van der Waals surface area (Å²) in [5.74, 6) is -0.777. The molecule has 1 atom stereocenters. The number of aryl methyl sites for hydroxylation is 1. The summed E-state index contributed by atoms with van der Waals surface area (Å²) in [6.45, 7) is 5.81. The third-order valence-electron chi connectivity index (χ3n) is 4.16. The van der Waals surface area contributed by atoms with Crippen LogP contribution in [0.1, 0.15) is 32.3 Å². The number of aliphatic carboxylic acids is 1. The lowest BCUT2D eigenvalue weighted by molar-refractivity contribution is -0.144. The highest BCUT2D eigenvalue weighted by Crippen LogP contribution is 2.54. The van der Waals surface area contributed by atoms with E-state index in [2.05, 4.69) is 5.32 Å². The van der Waals surface area contributed by atoms with Crippen molar-refractivity contribution >= 4 is 11.7 Å². The Morgan fingerprint density at radius 1 is 1.41 bits per heavy atom. The molecule has 1 aromatic rings. The van der Waals surface area contributed by atoms with E-state index >= 15 is 0 Å². The van der Waals surface area contributed by atoms with E-state index < -0.39 is 11.5 Å². The van der Waals surface area contributed by atoms with Gasteiger partial charge < -0.3 is 10.4 Å². The monoisotopic (exact) mass is 233 g/mol. The molecular formula is C14H19NO2. The molecule has 17 heavy (non-hydrogen) atoms. The molecule has 3 nitrogen and oxygen atoms in total. The molecule has 0 spiro atoms. The van der Waals surface area contributed by atoms with E-state index in [1.807, 2.05) is 38.1 Å². The van der Waals surface area contributed by atoms with Crippen LogP contribution in [0, 0.1) is 12.3 Å². The molecule has 1 saturated carbocycles. The molecular weight excluding hydrogens is 214 g/mol. The molecule has 0 amide bonds. The zero-order chi connectivity index (χ0) is 12.7. The topological polar surface area (TPSA) is 49.3 Å². The fourth-order valence-electron chi connectivity index (χ4n) is 2.13. The van der Waals surface area contributed by atoms with Gasteiger partial charge >= 0.3 is 5.97 Å². The van der Waals surface area contributed by atoms with Crippen LogP contribution in [0.25, 0.3) is 0 Å². The van der Waals surface area contributed by atoms with Crippen LogP contribution in [0.3, 0.4) is 0 Å². The third-order valence-corrected chi connectivity index (χ3v) is 4.16. The van der Waals surface area contributed by atoms with Crippen LogP contribution < -0.4 is 5.32 Å². The van der Waals surface area contributed by atoms with Crippen LogP contribution in [0.5, 0.6) is 0 Å². The number of anilines is 1. The Morgan fingerprint density at radius 3 is 2.47 bits per heavy atom. The van der Waals surface area contributed by atoms with Crippen molar-refractivity contribution in [3.05, 3.63) is 29.8 Å². The Morgan fingerprint density at radius 2 is 2.00 bits per heavy atom. The second-order valence-corrected chi connectivity index (χ2v) is 5.43. The Balaban J connectivity index is 2.32. The van der Waals surface area contributed by atoms with Gasteiger partial charge in [-0.15, -0.1) is 0 Å². The number of hydrogen-bond acceptors (Lipinski definition) is 2. The van der Waals surface area contributed by atoms with Gasteiger partial charge in [0.05, 0.1) is 0 Å². The van der Waals surface area contributed by atoms with Crippen molar-refractivity contribution in [3.8, 4) is 0 Å². The second kappa shape index (κ2) is 3.76. The molecule has 0 aromatic heterocycles. The molecule has 2 N–H and O–H groups in total. The lowest BCUT2D eigenvalue weighted by atomic mass is 9.83. The zero-order valence-electron chi connectivity index (χ0n) is 10.6. The van der Waals surface area contributed by atoms with E-state index in [1.165, 1.54) is 0 Å². The molecule has 1 aromatic carbocycles. The number of carboxylic acids is 1. The van der Waals surface area contributed by atoms with Gasteiger partial charge in [0.15, 0.2) is 0 Å². The Kier molecular flexibility index (Phi) is 2.64. The van der Waals surface area contributed by atoms with Crippen LogP contribution in [0.2, 0.25) is 0 Å². The molecule has 0 heterocycles. The van der Waals surface area contributed by atoms with Crippen molar-refractivity contribution < 1.29 is 9.90 Å². The largest absolute Gasteiger partial charge is 0.479 e. The number of carboxylic acid groups (broad SMARTS) is 1. The first kappa shape index (κ1) is 12.0. The van der Waals surface area contributed by atoms with Crippen LogP contribution in [-0.4, -0.2) is 16.6 Å². The van der Waals surface area contributed by atoms with Gasteiger partial charge in [-0.1, -0.05) is 25.1 Å². The van der Waals surface area contributed by atoms with Crippen LogP contribution in [0.15, 0.2) is 24.3 Å². The van der Waals surface area contributed by atoms with Crippen LogP contribution in [-0.2, 0) is 4.79 Å². The van der Waals surface area contributed by atoms with Gasteiger partial charge in [0.25, 0.3) is 0 Å². The molecule has 0 saturated heterocycles. The van der Waals surface area contributed by atoms with Crippen molar-refractivity contribution in [1.29, 1.82) is 0 Å². The summed E-state index contributed by atoms with van der Waals surface area (Å²) >= 11 is 0. The van der Waals surface area contributed by atoms with Gasteiger partial charge in [-0.05, 0) is 38.3 Å². The summed E-state index contributed by atoms with van der Waals surface area (Å²) in [6, 6.07) is 7.80. The van der Waals surface area contributed by atoms with Crippen molar-refractivity contribution in [2.45, 2.75) is 39.2 Å². The molecule has 1 unspecified atom stereocenters. The first-order valence-electron chi connectivity index (χ1n) is 5.96. The SMILES string of the molecule is Cc1ccccc1NC(C)(C(=O)O)C1(C)CC1. The average Bonchev–Trinajstić information content (AvgIpc) is 3.01. The summed E-state index contributed by atoms with van der Waals surface area (Å²) in [5, 5.41) is 12.7. The number of benzene rings is 1. The summed E-state index contributed by atoms with van der Waals surface area (Å²) in [4.78, 5) is 11.6. The Bertz CT molecular complexity index is 451. The minimum atomic E-state index is -0.890. The minimum Gasteiger partial charge on any atom is -0.479 e. The Labute approximate surface area is 102 Å². The summed E-state index contributed by atoms with van der Waals surface area (Å²) in [6.07, 6.45) is 1.93. The molecule has 2 rings (SSSR count). The summed E-state index contributed by atoms with van der Waals surface area (Å²) < 4.78 is 0. The van der Waals surface area contributed by atoms with Gasteiger partial charge in [-0.2, -0.15) is 0 Å². The van der Waals surface area contributed by atoms with E-state index in [9.17, 15) is 9.90 Å². The highest BCUT2D eigenvalue weighted by molar-refractivity contribution is 5.84.